The van der Waals surface area contributed by atoms with Crippen molar-refractivity contribution >= 4 is 10.0 Å². The molecule has 1 aromatic carbocycles. The third kappa shape index (κ3) is 2.83. The van der Waals surface area contributed by atoms with Crippen LogP contribution in [0.2, 0.25) is 0 Å². The lowest BCUT2D eigenvalue weighted by Crippen LogP contribution is -2.30. The predicted octanol–water partition coefficient (Wildman–Crippen LogP) is 1.81. The van der Waals surface area contributed by atoms with E-state index in [9.17, 15) is 8.42 Å². The first kappa shape index (κ1) is 14.5. The second-order valence-electron chi connectivity index (χ2n) is 5.47. The van der Waals surface area contributed by atoms with Crippen LogP contribution in [-0.2, 0) is 16.6 Å². The Morgan fingerprint density at radius 2 is 2.05 bits per heavy atom. The van der Waals surface area contributed by atoms with Crippen molar-refractivity contribution < 1.29 is 8.42 Å². The lowest BCUT2D eigenvalue weighted by Gasteiger charge is -2.19. The Morgan fingerprint density at radius 1 is 1.37 bits per heavy atom. The third-order valence-corrected chi connectivity index (χ3v) is 5.91. The predicted molar refractivity (Wildman–Crippen MR) is 76.0 cm³/mol. The van der Waals surface area contributed by atoms with E-state index < -0.39 is 10.0 Å². The summed E-state index contributed by atoms with van der Waals surface area (Å²) in [4.78, 5) is 0.363. The van der Waals surface area contributed by atoms with Crippen molar-refractivity contribution in [2.24, 2.45) is 17.6 Å². The van der Waals surface area contributed by atoms with Crippen LogP contribution in [0.1, 0.15) is 25.8 Å². The van der Waals surface area contributed by atoms with Crippen molar-refractivity contribution in [1.29, 1.82) is 0 Å². The summed E-state index contributed by atoms with van der Waals surface area (Å²) in [6, 6.07) is 7.01. The quantitative estimate of drug-likeness (QED) is 0.916. The normalized spacial score (nSPS) is 21.2. The molecule has 0 aliphatic carbocycles. The molecule has 1 aliphatic rings. The molecule has 1 heterocycles. The molecule has 1 unspecified atom stereocenters. The average Bonchev–Trinajstić information content (AvgIpc) is 2.89. The zero-order valence-corrected chi connectivity index (χ0v) is 12.4. The average molecular weight is 282 g/mol. The monoisotopic (exact) mass is 282 g/mol. The molecule has 1 fully saturated rings. The van der Waals surface area contributed by atoms with Gasteiger partial charge in [-0.05, 0) is 29.9 Å². The first-order valence-electron chi connectivity index (χ1n) is 6.75. The maximum absolute atomic E-state index is 12.7. The Balaban J connectivity index is 2.29. The number of nitrogens with zero attached hydrogens (tertiary/aromatic N) is 1. The van der Waals surface area contributed by atoms with Crippen molar-refractivity contribution in [2.75, 3.05) is 13.1 Å². The Labute approximate surface area is 115 Å². The van der Waals surface area contributed by atoms with Gasteiger partial charge in [0.25, 0.3) is 0 Å². The summed E-state index contributed by atoms with van der Waals surface area (Å²) in [7, 11) is -3.39. The highest BCUT2D eigenvalue weighted by molar-refractivity contribution is 7.89. The summed E-state index contributed by atoms with van der Waals surface area (Å²) < 4.78 is 26.9. The van der Waals surface area contributed by atoms with E-state index in [1.54, 1.807) is 22.5 Å². The number of sulfonamides is 1. The van der Waals surface area contributed by atoms with E-state index in [4.69, 9.17) is 5.73 Å². The van der Waals surface area contributed by atoms with Crippen LogP contribution in [0.3, 0.4) is 0 Å². The van der Waals surface area contributed by atoms with Crippen LogP contribution in [0, 0.1) is 11.8 Å². The van der Waals surface area contributed by atoms with Crippen LogP contribution in [0.25, 0.3) is 0 Å². The van der Waals surface area contributed by atoms with Crippen molar-refractivity contribution in [3.05, 3.63) is 29.8 Å². The molecule has 106 valence electrons. The van der Waals surface area contributed by atoms with Gasteiger partial charge in [-0.2, -0.15) is 4.31 Å². The molecule has 5 heteroatoms. The molecule has 1 aliphatic heterocycles. The minimum atomic E-state index is -3.39. The van der Waals surface area contributed by atoms with E-state index in [2.05, 4.69) is 13.8 Å². The van der Waals surface area contributed by atoms with Crippen molar-refractivity contribution in [3.63, 3.8) is 0 Å². The van der Waals surface area contributed by atoms with Crippen LogP contribution in [0.4, 0.5) is 0 Å². The third-order valence-electron chi connectivity index (χ3n) is 3.94. The molecular formula is C14H22N2O2S. The summed E-state index contributed by atoms with van der Waals surface area (Å²) in [5, 5.41) is 0. The Morgan fingerprint density at radius 3 is 2.63 bits per heavy atom. The minimum Gasteiger partial charge on any atom is -0.326 e. The molecule has 19 heavy (non-hydrogen) atoms. The van der Waals surface area contributed by atoms with E-state index >= 15 is 0 Å². The number of benzene rings is 1. The van der Waals surface area contributed by atoms with Gasteiger partial charge in [0.05, 0.1) is 4.90 Å². The smallest absolute Gasteiger partial charge is 0.243 e. The highest BCUT2D eigenvalue weighted by atomic mass is 32.2. The van der Waals surface area contributed by atoms with E-state index in [1.807, 2.05) is 6.07 Å². The van der Waals surface area contributed by atoms with Crippen molar-refractivity contribution in [2.45, 2.75) is 31.7 Å². The van der Waals surface area contributed by atoms with Gasteiger partial charge in [0, 0.05) is 19.6 Å². The van der Waals surface area contributed by atoms with Crippen LogP contribution in [0.15, 0.2) is 29.2 Å². The second-order valence-corrected chi connectivity index (χ2v) is 7.37. The largest absolute Gasteiger partial charge is 0.326 e. The molecule has 0 radical (unpaired) electrons. The highest BCUT2D eigenvalue weighted by Gasteiger charge is 2.34. The molecule has 0 amide bonds. The molecule has 1 atom stereocenters. The van der Waals surface area contributed by atoms with Gasteiger partial charge in [0.2, 0.25) is 10.0 Å². The number of hydrogen-bond acceptors (Lipinski definition) is 3. The fourth-order valence-corrected chi connectivity index (χ4v) is 4.32. The van der Waals surface area contributed by atoms with E-state index in [0.29, 0.717) is 35.4 Å². The maximum Gasteiger partial charge on any atom is 0.243 e. The van der Waals surface area contributed by atoms with Gasteiger partial charge in [0.1, 0.15) is 0 Å². The zero-order valence-electron chi connectivity index (χ0n) is 11.5. The standard InChI is InChI=1S/C14H22N2O2S/c1-11(2)13-7-8-16(10-13)19(17,18)14-6-4-3-5-12(14)9-15/h3-6,11,13H,7-10,15H2,1-2H3. The lowest BCUT2D eigenvalue weighted by molar-refractivity contribution is 0.388. The molecule has 0 spiro atoms. The van der Waals surface area contributed by atoms with Crippen LogP contribution >= 0.6 is 0 Å². The molecular weight excluding hydrogens is 260 g/mol. The molecule has 2 rings (SSSR count). The van der Waals surface area contributed by atoms with Gasteiger partial charge >= 0.3 is 0 Å². The molecule has 0 bridgehead atoms. The number of hydrogen-bond donors (Lipinski definition) is 1. The Hall–Kier alpha value is -0.910. The summed E-state index contributed by atoms with van der Waals surface area (Å²) >= 11 is 0. The van der Waals surface area contributed by atoms with Crippen molar-refractivity contribution in [1.82, 2.24) is 4.31 Å². The molecule has 1 saturated heterocycles. The van der Waals surface area contributed by atoms with Gasteiger partial charge in [-0.25, -0.2) is 8.42 Å². The minimum absolute atomic E-state index is 0.247. The van der Waals surface area contributed by atoms with Gasteiger partial charge in [-0.3, -0.25) is 0 Å². The Kier molecular flexibility index (Phi) is 4.28. The fourth-order valence-electron chi connectivity index (χ4n) is 2.58. The summed E-state index contributed by atoms with van der Waals surface area (Å²) in [6.45, 7) is 5.78. The van der Waals surface area contributed by atoms with E-state index in [0.717, 1.165) is 6.42 Å². The number of rotatable bonds is 4. The van der Waals surface area contributed by atoms with Gasteiger partial charge < -0.3 is 5.73 Å². The number of nitrogens with two attached hydrogens (primary N) is 1. The zero-order chi connectivity index (χ0) is 14.0. The molecule has 2 N–H and O–H groups in total. The van der Waals surface area contributed by atoms with Gasteiger partial charge in [-0.1, -0.05) is 32.0 Å². The lowest BCUT2D eigenvalue weighted by atomic mass is 9.96. The SMILES string of the molecule is CC(C)C1CCN(S(=O)(=O)c2ccccc2CN)C1. The fraction of sp³-hybridized carbons (Fsp3) is 0.571. The van der Waals surface area contributed by atoms with Crippen molar-refractivity contribution in [3.8, 4) is 0 Å². The molecule has 0 saturated carbocycles. The molecule has 1 aromatic rings. The van der Waals surface area contributed by atoms with Gasteiger partial charge in [-0.15, -0.1) is 0 Å². The van der Waals surface area contributed by atoms with Gasteiger partial charge in [0.15, 0.2) is 0 Å². The highest BCUT2D eigenvalue weighted by Crippen LogP contribution is 2.29. The summed E-state index contributed by atoms with van der Waals surface area (Å²) in [6.07, 6.45) is 0.946. The second kappa shape index (κ2) is 5.61. The van der Waals surface area contributed by atoms with Crippen LogP contribution in [0.5, 0.6) is 0 Å². The maximum atomic E-state index is 12.7. The molecule has 4 nitrogen and oxygen atoms in total. The topological polar surface area (TPSA) is 63.4 Å². The van der Waals surface area contributed by atoms with Crippen LogP contribution in [-0.4, -0.2) is 25.8 Å². The summed E-state index contributed by atoms with van der Waals surface area (Å²) in [5.41, 5.74) is 6.33. The first-order valence-corrected chi connectivity index (χ1v) is 8.19. The summed E-state index contributed by atoms with van der Waals surface area (Å²) in [5.74, 6) is 0.977. The van der Waals surface area contributed by atoms with Crippen LogP contribution < -0.4 is 5.73 Å². The Bertz CT molecular complexity index is 540. The first-order chi connectivity index (χ1) is 8.96. The van der Waals surface area contributed by atoms with E-state index in [1.165, 1.54) is 0 Å². The molecule has 0 aromatic heterocycles. The van der Waals surface area contributed by atoms with E-state index in [-0.39, 0.29) is 6.54 Å².